The van der Waals surface area contributed by atoms with Crippen LogP contribution in [0, 0.1) is 17.8 Å². The first kappa shape index (κ1) is 84.1. The molecule has 0 radical (unpaired) electrons. The monoisotopic (exact) mass is 1270 g/mol. The maximum absolute atomic E-state index is 13.0. The number of aliphatic hydroxyl groups excluding tert-OH is 1. The Bertz CT molecular complexity index is 1700. The normalized spacial score (nSPS) is 14.3. The Kier molecular flexibility index (Phi) is 56.9. The van der Waals surface area contributed by atoms with Gasteiger partial charge >= 0.3 is 39.5 Å². The van der Waals surface area contributed by atoms with Gasteiger partial charge in [0.1, 0.15) is 19.3 Å². The highest BCUT2D eigenvalue weighted by Gasteiger charge is 2.30. The number of aliphatic hydroxyl groups is 1. The van der Waals surface area contributed by atoms with Crippen molar-refractivity contribution >= 4 is 39.5 Å². The number of esters is 4. The van der Waals surface area contributed by atoms with Crippen LogP contribution in [-0.4, -0.2) is 96.7 Å². The van der Waals surface area contributed by atoms with Crippen LogP contribution in [0.5, 0.6) is 0 Å². The van der Waals surface area contributed by atoms with Gasteiger partial charge in [0.15, 0.2) is 12.2 Å². The number of phosphoric ester groups is 2. The van der Waals surface area contributed by atoms with Crippen molar-refractivity contribution < 1.29 is 80.2 Å². The van der Waals surface area contributed by atoms with E-state index in [4.69, 9.17) is 37.0 Å². The van der Waals surface area contributed by atoms with Crippen LogP contribution in [0.1, 0.15) is 331 Å². The summed E-state index contributed by atoms with van der Waals surface area (Å²) in [6.07, 6.45) is 40.4. The minimum Gasteiger partial charge on any atom is -0.462 e. The summed E-state index contributed by atoms with van der Waals surface area (Å²) in [5.41, 5.74) is 0. The van der Waals surface area contributed by atoms with Crippen molar-refractivity contribution in [1.82, 2.24) is 0 Å². The SMILES string of the molecule is CCCCCCCCCCCCC(=O)O[C@H](COC(=O)CCCCCCCCC(C)C)COP(=O)(O)OC[C@H](O)COP(=O)(O)OC[C@@H](COC(=O)CCCCCCCCCCCC(C)C)OC(=O)CCCCCCCCCCCCCCC(C)C. The Morgan fingerprint density at radius 3 is 0.791 bits per heavy atom. The van der Waals surface area contributed by atoms with Crippen LogP contribution in [0.3, 0.4) is 0 Å². The molecule has 0 spiro atoms. The van der Waals surface area contributed by atoms with Crippen molar-refractivity contribution in [3.63, 3.8) is 0 Å². The van der Waals surface area contributed by atoms with Crippen molar-refractivity contribution in [2.24, 2.45) is 17.8 Å². The van der Waals surface area contributed by atoms with Crippen molar-refractivity contribution in [1.29, 1.82) is 0 Å². The van der Waals surface area contributed by atoms with E-state index < -0.39 is 97.5 Å². The predicted octanol–water partition coefficient (Wildman–Crippen LogP) is 18.7. The number of unbranched alkanes of at least 4 members (excludes halogenated alkanes) is 33. The van der Waals surface area contributed by atoms with Crippen LogP contribution >= 0.6 is 15.6 Å². The Balaban J connectivity index is 5.24. The zero-order valence-corrected chi connectivity index (χ0v) is 57.6. The summed E-state index contributed by atoms with van der Waals surface area (Å²) in [7, 11) is -9.89. The first-order valence-electron chi connectivity index (χ1n) is 34.8. The maximum atomic E-state index is 13.0. The molecule has 0 saturated heterocycles. The summed E-state index contributed by atoms with van der Waals surface area (Å²) in [5.74, 6) is 0.0678. The zero-order chi connectivity index (χ0) is 63.8. The average Bonchev–Trinajstić information content (AvgIpc) is 3.61. The predicted molar refractivity (Wildman–Crippen MR) is 344 cm³/mol. The van der Waals surface area contributed by atoms with Crippen LogP contribution in [0.25, 0.3) is 0 Å². The lowest BCUT2D eigenvalue weighted by Crippen LogP contribution is -2.30. The van der Waals surface area contributed by atoms with E-state index in [0.29, 0.717) is 31.6 Å². The largest absolute Gasteiger partial charge is 0.472 e. The van der Waals surface area contributed by atoms with E-state index in [1.54, 1.807) is 0 Å². The summed E-state index contributed by atoms with van der Waals surface area (Å²) in [5, 5.41) is 10.6. The highest BCUT2D eigenvalue weighted by atomic mass is 31.2. The fourth-order valence-electron chi connectivity index (χ4n) is 10.0. The number of ether oxygens (including phenoxy) is 4. The van der Waals surface area contributed by atoms with Gasteiger partial charge in [-0.25, -0.2) is 9.13 Å². The van der Waals surface area contributed by atoms with Crippen LogP contribution < -0.4 is 0 Å². The fourth-order valence-corrected chi connectivity index (χ4v) is 11.6. The van der Waals surface area contributed by atoms with Gasteiger partial charge in [-0.15, -0.1) is 0 Å². The summed E-state index contributed by atoms with van der Waals surface area (Å²) in [6.45, 7) is 11.7. The zero-order valence-electron chi connectivity index (χ0n) is 55.8. The van der Waals surface area contributed by atoms with Crippen molar-refractivity contribution in [2.45, 2.75) is 349 Å². The quantitative estimate of drug-likeness (QED) is 0.0222. The van der Waals surface area contributed by atoms with Crippen molar-refractivity contribution in [3.8, 4) is 0 Å². The summed E-state index contributed by atoms with van der Waals surface area (Å²) in [4.78, 5) is 72.3. The topological polar surface area (TPSA) is 237 Å². The Labute approximate surface area is 524 Å². The lowest BCUT2D eigenvalue weighted by molar-refractivity contribution is -0.161. The van der Waals surface area contributed by atoms with E-state index in [1.807, 2.05) is 0 Å². The molecule has 0 aliphatic carbocycles. The lowest BCUT2D eigenvalue weighted by Gasteiger charge is -2.21. The fraction of sp³-hybridized carbons (Fsp3) is 0.940. The molecule has 0 aromatic carbocycles. The van der Waals surface area contributed by atoms with E-state index in [1.165, 1.54) is 135 Å². The van der Waals surface area contributed by atoms with Gasteiger partial charge in [-0.3, -0.25) is 37.3 Å². The molecule has 0 aromatic rings. The number of carbonyl (C=O) groups is 4. The number of rotatable bonds is 65. The molecule has 3 N–H and O–H groups in total. The first-order valence-corrected chi connectivity index (χ1v) is 37.8. The van der Waals surface area contributed by atoms with Crippen molar-refractivity contribution in [3.05, 3.63) is 0 Å². The number of phosphoric acid groups is 2. The van der Waals surface area contributed by atoms with Gasteiger partial charge in [-0.05, 0) is 43.4 Å². The molecule has 0 aliphatic heterocycles. The third kappa shape index (κ3) is 60.9. The molecule has 0 fully saturated rings. The Hall–Kier alpha value is -1.94. The van der Waals surface area contributed by atoms with Crippen LogP contribution in [0.2, 0.25) is 0 Å². The minimum atomic E-state index is -4.95. The molecule has 0 aromatic heterocycles. The van der Waals surface area contributed by atoms with E-state index in [0.717, 1.165) is 108 Å². The summed E-state index contributed by atoms with van der Waals surface area (Å²) >= 11 is 0. The molecule has 86 heavy (non-hydrogen) atoms. The minimum absolute atomic E-state index is 0.105. The molecule has 0 saturated carbocycles. The number of hydrogen-bond acceptors (Lipinski definition) is 15. The molecule has 17 nitrogen and oxygen atoms in total. The van der Waals surface area contributed by atoms with E-state index in [-0.39, 0.29) is 25.7 Å². The first-order chi connectivity index (χ1) is 41.2. The van der Waals surface area contributed by atoms with Gasteiger partial charge in [0, 0.05) is 25.7 Å². The molecule has 0 bridgehead atoms. The molecule has 5 atom stereocenters. The second-order valence-electron chi connectivity index (χ2n) is 25.6. The Morgan fingerprint density at radius 2 is 0.535 bits per heavy atom. The second kappa shape index (κ2) is 58.2. The van der Waals surface area contributed by atoms with Crippen LogP contribution in [-0.2, 0) is 65.4 Å². The maximum Gasteiger partial charge on any atom is 0.472 e. The standard InChI is InChI=1S/C67H130O17P2/c1-8-9-10-11-12-13-21-27-36-43-50-66(71)84-63(55-78-65(70)49-42-35-30-29-33-40-47-60(6)7)57-82-86(75,76)80-53-61(68)52-79-85(73,74)81-56-62(54-77-64(69)48-41-34-26-23-18-20-25-32-39-46-59(4)5)83-67(72)51-44-37-28-22-17-15-14-16-19-24-31-38-45-58(2)3/h58-63,68H,8-57H2,1-7H3,(H,73,74)(H,75,76)/t61-,62-,63-/m1/s1. The van der Waals surface area contributed by atoms with Crippen molar-refractivity contribution in [2.75, 3.05) is 39.6 Å². The highest BCUT2D eigenvalue weighted by molar-refractivity contribution is 7.47. The van der Waals surface area contributed by atoms with Gasteiger partial charge < -0.3 is 33.8 Å². The van der Waals surface area contributed by atoms with Gasteiger partial charge in [0.05, 0.1) is 26.4 Å². The molecule has 19 heteroatoms. The number of carbonyl (C=O) groups excluding carboxylic acids is 4. The van der Waals surface area contributed by atoms with E-state index >= 15 is 0 Å². The molecule has 0 aliphatic rings. The molecule has 0 amide bonds. The van der Waals surface area contributed by atoms with Gasteiger partial charge in [-0.2, -0.15) is 0 Å². The molecule has 0 rings (SSSR count). The van der Waals surface area contributed by atoms with E-state index in [9.17, 15) is 43.2 Å². The molecule has 0 heterocycles. The van der Waals surface area contributed by atoms with E-state index in [2.05, 4.69) is 48.5 Å². The highest BCUT2D eigenvalue weighted by Crippen LogP contribution is 2.45. The molecule has 2 unspecified atom stereocenters. The van der Waals surface area contributed by atoms with Gasteiger partial charge in [0.25, 0.3) is 0 Å². The van der Waals surface area contributed by atoms with Gasteiger partial charge in [0.2, 0.25) is 0 Å². The van der Waals surface area contributed by atoms with Gasteiger partial charge in [-0.1, -0.05) is 280 Å². The molecular formula is C67H130O17P2. The van der Waals surface area contributed by atoms with Crippen LogP contribution in [0.15, 0.2) is 0 Å². The number of hydrogen-bond donors (Lipinski definition) is 3. The van der Waals surface area contributed by atoms with Crippen LogP contribution in [0.4, 0.5) is 0 Å². The summed E-state index contributed by atoms with van der Waals surface area (Å²) < 4.78 is 68.1. The Morgan fingerprint density at radius 1 is 0.314 bits per heavy atom. The third-order valence-corrected chi connectivity index (χ3v) is 17.3. The average molecular weight is 1270 g/mol. The smallest absolute Gasteiger partial charge is 0.462 e. The third-order valence-electron chi connectivity index (χ3n) is 15.4. The summed E-state index contributed by atoms with van der Waals surface area (Å²) in [6, 6.07) is 0. The molecular weight excluding hydrogens is 1140 g/mol. The second-order valence-corrected chi connectivity index (χ2v) is 28.5. The lowest BCUT2D eigenvalue weighted by atomic mass is 10.0. The molecule has 510 valence electrons.